The second-order valence-corrected chi connectivity index (χ2v) is 6.20. The van der Waals surface area contributed by atoms with Crippen LogP contribution in [0.2, 0.25) is 0 Å². The van der Waals surface area contributed by atoms with E-state index in [0.29, 0.717) is 0 Å². The molecule has 0 aliphatic carbocycles. The molecule has 0 amide bonds. The summed E-state index contributed by atoms with van der Waals surface area (Å²) in [6.45, 7) is 12.2. The molecule has 1 heteroatoms. The number of nitrogens with one attached hydrogen (secondary N) is 1. The largest absolute Gasteiger partial charge is 0.308 e. The summed E-state index contributed by atoms with van der Waals surface area (Å²) in [5.74, 6) is 0.756. The Bertz CT molecular complexity index is 352. The monoisotopic (exact) mass is 246 g/mol. The molecule has 0 atom stereocenters. The van der Waals surface area contributed by atoms with Crippen LogP contribution in [0.4, 0.5) is 0 Å². The van der Waals surface area contributed by atoms with E-state index in [1.807, 2.05) is 6.07 Å². The van der Waals surface area contributed by atoms with Gasteiger partial charge in [-0.1, -0.05) is 39.0 Å². The Kier molecular flexibility index (Phi) is 5.87. The van der Waals surface area contributed by atoms with E-state index in [9.17, 15) is 0 Å². The molecular formula is C17H28N. The van der Waals surface area contributed by atoms with Gasteiger partial charge in [0.05, 0.1) is 0 Å². The topological polar surface area (TPSA) is 12.0 Å². The van der Waals surface area contributed by atoms with Crippen LogP contribution < -0.4 is 5.32 Å². The molecule has 1 nitrogen and oxygen atoms in total. The molecule has 0 unspecified atom stereocenters. The Morgan fingerprint density at radius 2 is 2.06 bits per heavy atom. The van der Waals surface area contributed by atoms with Crippen molar-refractivity contribution in [3.8, 4) is 0 Å². The summed E-state index contributed by atoms with van der Waals surface area (Å²) in [6, 6.07) is 9.76. The fraction of sp³-hybridized carbons (Fsp3) is 0.647. The first kappa shape index (κ1) is 15.2. The molecule has 18 heavy (non-hydrogen) atoms. The Morgan fingerprint density at radius 1 is 1.33 bits per heavy atom. The van der Waals surface area contributed by atoms with Gasteiger partial charge < -0.3 is 5.32 Å². The van der Waals surface area contributed by atoms with Gasteiger partial charge in [-0.25, -0.2) is 0 Å². The number of hydrogen-bond donors (Lipinski definition) is 1. The van der Waals surface area contributed by atoms with Crippen molar-refractivity contribution in [2.75, 3.05) is 0 Å². The number of hydrogen-bond acceptors (Lipinski definition) is 1. The van der Waals surface area contributed by atoms with Crippen LogP contribution in [0.25, 0.3) is 0 Å². The van der Waals surface area contributed by atoms with E-state index in [0.717, 1.165) is 25.3 Å². The normalized spacial score (nSPS) is 12.1. The van der Waals surface area contributed by atoms with Crippen LogP contribution in [0.5, 0.6) is 0 Å². The van der Waals surface area contributed by atoms with E-state index in [4.69, 9.17) is 0 Å². The minimum atomic E-state index is 0.213. The molecule has 0 fully saturated rings. The van der Waals surface area contributed by atoms with Gasteiger partial charge in [0, 0.05) is 12.1 Å². The van der Waals surface area contributed by atoms with Crippen molar-refractivity contribution in [1.82, 2.24) is 5.32 Å². The summed E-state index contributed by atoms with van der Waals surface area (Å²) in [6.07, 6.45) is 3.53. The zero-order valence-electron chi connectivity index (χ0n) is 12.6. The molecular weight excluding hydrogens is 218 g/mol. The first-order valence-corrected chi connectivity index (χ1v) is 7.18. The summed E-state index contributed by atoms with van der Waals surface area (Å²) < 4.78 is 0. The maximum Gasteiger partial charge on any atom is 0.0213 e. The zero-order chi connectivity index (χ0) is 13.6. The van der Waals surface area contributed by atoms with Crippen molar-refractivity contribution in [3.63, 3.8) is 0 Å². The summed E-state index contributed by atoms with van der Waals surface area (Å²) in [7, 11) is 0. The SMILES string of the molecule is CCC(C)(C)NCc1ccc[c]c1CCC(C)C. The average molecular weight is 246 g/mol. The van der Waals surface area contributed by atoms with Crippen LogP contribution in [0.1, 0.15) is 58.6 Å². The first-order valence-electron chi connectivity index (χ1n) is 7.18. The van der Waals surface area contributed by atoms with Gasteiger partial charge >= 0.3 is 0 Å². The first-order chi connectivity index (χ1) is 8.44. The third-order valence-electron chi connectivity index (χ3n) is 3.65. The summed E-state index contributed by atoms with van der Waals surface area (Å²) in [4.78, 5) is 0. The highest BCUT2D eigenvalue weighted by molar-refractivity contribution is 5.26. The van der Waals surface area contributed by atoms with E-state index in [-0.39, 0.29) is 5.54 Å². The maximum absolute atomic E-state index is 3.63. The van der Waals surface area contributed by atoms with Gasteiger partial charge in [0.1, 0.15) is 0 Å². The van der Waals surface area contributed by atoms with Crippen LogP contribution in [0.15, 0.2) is 18.2 Å². The van der Waals surface area contributed by atoms with Gasteiger partial charge in [0.15, 0.2) is 0 Å². The average Bonchev–Trinajstić information content (AvgIpc) is 2.35. The summed E-state index contributed by atoms with van der Waals surface area (Å²) in [5, 5.41) is 3.63. The highest BCUT2D eigenvalue weighted by atomic mass is 14.9. The molecule has 0 spiro atoms. The van der Waals surface area contributed by atoms with Gasteiger partial charge in [-0.05, 0) is 56.2 Å². The van der Waals surface area contributed by atoms with Gasteiger partial charge in [0.2, 0.25) is 0 Å². The Labute approximate surface area is 113 Å². The van der Waals surface area contributed by atoms with Crippen molar-refractivity contribution >= 4 is 0 Å². The molecule has 0 aliphatic rings. The van der Waals surface area contributed by atoms with Crippen LogP contribution in [0.3, 0.4) is 0 Å². The Morgan fingerprint density at radius 3 is 2.67 bits per heavy atom. The lowest BCUT2D eigenvalue weighted by Gasteiger charge is -2.25. The molecule has 1 radical (unpaired) electrons. The van der Waals surface area contributed by atoms with E-state index < -0.39 is 0 Å². The maximum atomic E-state index is 3.63. The fourth-order valence-corrected chi connectivity index (χ4v) is 1.80. The molecule has 0 heterocycles. The summed E-state index contributed by atoms with van der Waals surface area (Å²) >= 11 is 0. The summed E-state index contributed by atoms with van der Waals surface area (Å²) in [5.41, 5.74) is 3.00. The van der Waals surface area contributed by atoms with Crippen molar-refractivity contribution in [1.29, 1.82) is 0 Å². The van der Waals surface area contributed by atoms with Crippen LogP contribution in [-0.2, 0) is 13.0 Å². The lowest BCUT2D eigenvalue weighted by molar-refractivity contribution is 0.373. The molecule has 101 valence electrons. The lowest BCUT2D eigenvalue weighted by Crippen LogP contribution is -2.38. The molecule has 1 rings (SSSR count). The highest BCUT2D eigenvalue weighted by Gasteiger charge is 2.14. The van der Waals surface area contributed by atoms with Gasteiger partial charge in [-0.2, -0.15) is 0 Å². The quantitative estimate of drug-likeness (QED) is 0.754. The van der Waals surface area contributed by atoms with E-state index >= 15 is 0 Å². The highest BCUT2D eigenvalue weighted by Crippen LogP contribution is 2.15. The van der Waals surface area contributed by atoms with E-state index in [1.165, 1.54) is 17.5 Å². The predicted molar refractivity (Wildman–Crippen MR) is 79.6 cm³/mol. The molecule has 0 saturated carbocycles. The molecule has 0 saturated heterocycles. The van der Waals surface area contributed by atoms with Crippen LogP contribution in [0, 0.1) is 12.0 Å². The van der Waals surface area contributed by atoms with Crippen molar-refractivity contribution < 1.29 is 0 Å². The number of benzene rings is 1. The predicted octanol–water partition coefficient (Wildman–Crippen LogP) is 4.35. The minimum Gasteiger partial charge on any atom is -0.308 e. The minimum absolute atomic E-state index is 0.213. The molecule has 1 N–H and O–H groups in total. The lowest BCUT2D eigenvalue weighted by atomic mass is 9.97. The number of aryl methyl sites for hydroxylation is 1. The standard InChI is InChI=1S/C17H28N/c1-6-17(4,5)18-13-16-10-8-7-9-15(16)12-11-14(2)3/h7-8,10,14,18H,6,11-13H2,1-5H3. The van der Waals surface area contributed by atoms with Crippen molar-refractivity contribution in [2.24, 2.45) is 5.92 Å². The smallest absolute Gasteiger partial charge is 0.0213 e. The van der Waals surface area contributed by atoms with Crippen LogP contribution in [-0.4, -0.2) is 5.54 Å². The molecule has 0 aromatic heterocycles. The molecule has 0 bridgehead atoms. The fourth-order valence-electron chi connectivity index (χ4n) is 1.80. The van der Waals surface area contributed by atoms with Gasteiger partial charge in [-0.3, -0.25) is 0 Å². The third kappa shape index (κ3) is 5.22. The van der Waals surface area contributed by atoms with Crippen LogP contribution >= 0.6 is 0 Å². The Hall–Kier alpha value is -0.820. The van der Waals surface area contributed by atoms with Gasteiger partial charge in [-0.15, -0.1) is 0 Å². The van der Waals surface area contributed by atoms with Gasteiger partial charge in [0.25, 0.3) is 0 Å². The third-order valence-corrected chi connectivity index (χ3v) is 3.65. The molecule has 1 aromatic carbocycles. The molecule has 1 aromatic rings. The van der Waals surface area contributed by atoms with E-state index in [2.05, 4.69) is 58.1 Å². The number of rotatable bonds is 7. The van der Waals surface area contributed by atoms with Crippen molar-refractivity contribution in [2.45, 2.75) is 66.0 Å². The second-order valence-electron chi connectivity index (χ2n) is 6.20. The van der Waals surface area contributed by atoms with Crippen molar-refractivity contribution in [3.05, 3.63) is 35.4 Å². The molecule has 0 aliphatic heterocycles. The Balaban J connectivity index is 2.64. The van der Waals surface area contributed by atoms with E-state index in [1.54, 1.807) is 0 Å². The second kappa shape index (κ2) is 6.94. The zero-order valence-corrected chi connectivity index (χ0v) is 12.6.